The van der Waals surface area contributed by atoms with Crippen LogP contribution < -0.4 is 0 Å². The van der Waals surface area contributed by atoms with Crippen LogP contribution in [0.2, 0.25) is 0 Å². The highest BCUT2D eigenvalue weighted by molar-refractivity contribution is 9.10. The molecule has 3 aromatic heterocycles. The van der Waals surface area contributed by atoms with Crippen LogP contribution in [-0.4, -0.2) is 26.0 Å². The van der Waals surface area contributed by atoms with Gasteiger partial charge < -0.3 is 0 Å². The van der Waals surface area contributed by atoms with Crippen molar-refractivity contribution in [1.82, 2.24) is 19.7 Å². The van der Waals surface area contributed by atoms with Crippen molar-refractivity contribution in [3.8, 4) is 28.2 Å². The molecule has 0 aliphatic carbocycles. The first-order valence-corrected chi connectivity index (χ1v) is 10.2. The normalized spacial score (nSPS) is 11.0. The van der Waals surface area contributed by atoms with E-state index in [2.05, 4.69) is 26.0 Å². The fourth-order valence-corrected chi connectivity index (χ4v) is 3.69. The van der Waals surface area contributed by atoms with Crippen LogP contribution in [-0.2, 0) is 0 Å². The lowest BCUT2D eigenvalue weighted by Crippen LogP contribution is -2.03. The molecule has 0 bridgehead atoms. The van der Waals surface area contributed by atoms with Crippen molar-refractivity contribution in [3.63, 3.8) is 0 Å². The lowest BCUT2D eigenvalue weighted by Gasteiger charge is -2.11. The molecule has 0 aliphatic rings. The van der Waals surface area contributed by atoms with Gasteiger partial charge in [-0.05, 0) is 48.0 Å². The van der Waals surface area contributed by atoms with Gasteiger partial charge in [0, 0.05) is 33.4 Å². The quantitative estimate of drug-likeness (QED) is 0.307. The second-order valence-corrected chi connectivity index (χ2v) is 7.83. The van der Waals surface area contributed by atoms with E-state index in [1.54, 1.807) is 29.2 Å². The van der Waals surface area contributed by atoms with E-state index < -0.39 is 0 Å². The maximum Gasteiger partial charge on any atom is 0.163 e. The molecule has 0 atom stereocenters. The van der Waals surface area contributed by atoms with Gasteiger partial charge in [-0.3, -0.25) is 4.79 Å². The van der Waals surface area contributed by atoms with E-state index in [-0.39, 0.29) is 5.82 Å². The summed E-state index contributed by atoms with van der Waals surface area (Å²) >= 11 is 3.42. The fourth-order valence-electron chi connectivity index (χ4n) is 3.43. The summed E-state index contributed by atoms with van der Waals surface area (Å²) in [4.78, 5) is 20.8. The maximum atomic E-state index is 13.5. The SMILES string of the molecule is O=Cc1cn(-c2nc3ncccc3cc2-c2ccc(F)cc2)nc1-c1ccc(Br)cc1. The van der Waals surface area contributed by atoms with E-state index in [4.69, 9.17) is 4.98 Å². The molecule has 31 heavy (non-hydrogen) atoms. The van der Waals surface area contributed by atoms with Gasteiger partial charge >= 0.3 is 0 Å². The van der Waals surface area contributed by atoms with Crippen molar-refractivity contribution in [2.24, 2.45) is 0 Å². The molecule has 0 spiro atoms. The molecule has 0 radical (unpaired) electrons. The van der Waals surface area contributed by atoms with Crippen LogP contribution in [0.3, 0.4) is 0 Å². The molecule has 0 N–H and O–H groups in total. The van der Waals surface area contributed by atoms with E-state index in [0.717, 1.165) is 32.8 Å². The van der Waals surface area contributed by atoms with Crippen molar-refractivity contribution in [3.05, 3.63) is 95.0 Å². The molecular formula is C24H14BrFN4O. The van der Waals surface area contributed by atoms with Crippen molar-refractivity contribution in [1.29, 1.82) is 0 Å². The van der Waals surface area contributed by atoms with E-state index >= 15 is 0 Å². The molecule has 0 saturated carbocycles. The van der Waals surface area contributed by atoms with Crippen molar-refractivity contribution >= 4 is 33.2 Å². The molecule has 0 aliphatic heterocycles. The number of hydrogen-bond donors (Lipinski definition) is 0. The second kappa shape index (κ2) is 7.85. The van der Waals surface area contributed by atoms with Gasteiger partial charge in [0.05, 0.1) is 5.56 Å². The Morgan fingerprint density at radius 3 is 2.45 bits per heavy atom. The van der Waals surface area contributed by atoms with Gasteiger partial charge in [-0.1, -0.05) is 40.2 Å². The topological polar surface area (TPSA) is 60.7 Å². The minimum absolute atomic E-state index is 0.319. The highest BCUT2D eigenvalue weighted by Crippen LogP contribution is 2.31. The van der Waals surface area contributed by atoms with Crippen LogP contribution in [0.5, 0.6) is 0 Å². The second-order valence-electron chi connectivity index (χ2n) is 6.92. The van der Waals surface area contributed by atoms with E-state index in [9.17, 15) is 9.18 Å². The number of carbonyl (C=O) groups is 1. The summed E-state index contributed by atoms with van der Waals surface area (Å²) < 4.78 is 16.0. The van der Waals surface area contributed by atoms with Crippen molar-refractivity contribution in [2.45, 2.75) is 0 Å². The van der Waals surface area contributed by atoms with Crippen LogP contribution in [0.25, 0.3) is 39.2 Å². The average Bonchev–Trinajstić information content (AvgIpc) is 3.23. The van der Waals surface area contributed by atoms with Crippen LogP contribution in [0, 0.1) is 5.82 Å². The van der Waals surface area contributed by atoms with Gasteiger partial charge in [0.2, 0.25) is 0 Å². The zero-order valence-electron chi connectivity index (χ0n) is 16.0. The highest BCUT2D eigenvalue weighted by Gasteiger charge is 2.17. The predicted octanol–water partition coefficient (Wildman–Crippen LogP) is 5.86. The molecule has 5 rings (SSSR count). The average molecular weight is 473 g/mol. The fraction of sp³-hybridized carbons (Fsp3) is 0. The number of rotatable bonds is 4. The Kier molecular flexibility index (Phi) is 4.88. The lowest BCUT2D eigenvalue weighted by molar-refractivity contribution is 0.112. The lowest BCUT2D eigenvalue weighted by atomic mass is 10.0. The molecule has 0 amide bonds. The summed E-state index contributed by atoms with van der Waals surface area (Å²) in [5, 5.41) is 5.52. The summed E-state index contributed by atoms with van der Waals surface area (Å²) in [6, 6.07) is 19.5. The standard InChI is InChI=1S/C24H14BrFN4O/c25-19-7-3-16(4-8-19)22-18(14-31)13-30(29-22)24-21(15-5-9-20(26)10-6-15)12-17-2-1-11-27-23(17)28-24/h1-14H. The first-order chi connectivity index (χ1) is 15.1. The number of aromatic nitrogens is 4. The Morgan fingerprint density at radius 1 is 0.968 bits per heavy atom. The van der Waals surface area contributed by atoms with Gasteiger partial charge in [-0.2, -0.15) is 5.10 Å². The molecule has 2 aromatic carbocycles. The molecule has 5 nitrogen and oxygen atoms in total. The van der Waals surface area contributed by atoms with Gasteiger partial charge in [0.25, 0.3) is 0 Å². The summed E-state index contributed by atoms with van der Waals surface area (Å²) in [7, 11) is 0. The third-order valence-electron chi connectivity index (χ3n) is 4.93. The van der Waals surface area contributed by atoms with Gasteiger partial charge in [0.15, 0.2) is 17.8 Å². The monoisotopic (exact) mass is 472 g/mol. The van der Waals surface area contributed by atoms with Crippen molar-refractivity contribution in [2.75, 3.05) is 0 Å². The van der Waals surface area contributed by atoms with Gasteiger partial charge in [0.1, 0.15) is 11.5 Å². The van der Waals surface area contributed by atoms with Crippen molar-refractivity contribution < 1.29 is 9.18 Å². The summed E-state index contributed by atoms with van der Waals surface area (Å²) in [5.41, 5.74) is 3.89. The maximum absolute atomic E-state index is 13.5. The summed E-state index contributed by atoms with van der Waals surface area (Å²) in [6.45, 7) is 0. The molecular weight excluding hydrogens is 459 g/mol. The molecule has 3 heterocycles. The number of nitrogens with zero attached hydrogens (tertiary/aromatic N) is 4. The molecule has 150 valence electrons. The van der Waals surface area contributed by atoms with Gasteiger partial charge in [-0.25, -0.2) is 19.0 Å². The van der Waals surface area contributed by atoms with Crippen LogP contribution in [0.4, 0.5) is 4.39 Å². The number of carbonyl (C=O) groups excluding carboxylic acids is 1. The summed E-state index contributed by atoms with van der Waals surface area (Å²) in [5.74, 6) is 0.185. The van der Waals surface area contributed by atoms with E-state index in [1.165, 1.54) is 12.1 Å². The number of benzene rings is 2. The Morgan fingerprint density at radius 2 is 1.71 bits per heavy atom. The Balaban J connectivity index is 1.74. The predicted molar refractivity (Wildman–Crippen MR) is 121 cm³/mol. The number of pyridine rings is 2. The molecule has 7 heteroatoms. The van der Waals surface area contributed by atoms with E-state index in [1.807, 2.05) is 42.5 Å². The number of aldehydes is 1. The number of fused-ring (bicyclic) bond motifs is 1. The molecule has 0 unspecified atom stereocenters. The Bertz CT molecular complexity index is 1410. The summed E-state index contributed by atoms with van der Waals surface area (Å²) in [6.07, 6.45) is 4.09. The van der Waals surface area contributed by atoms with Crippen LogP contribution in [0.1, 0.15) is 10.4 Å². The smallest absolute Gasteiger partial charge is 0.163 e. The Labute approximate surface area is 185 Å². The minimum atomic E-state index is -0.319. The zero-order chi connectivity index (χ0) is 21.4. The Hall–Kier alpha value is -3.71. The number of hydrogen-bond acceptors (Lipinski definition) is 4. The zero-order valence-corrected chi connectivity index (χ0v) is 17.6. The number of halogens is 2. The van der Waals surface area contributed by atoms with Crippen LogP contribution >= 0.6 is 15.9 Å². The first kappa shape index (κ1) is 19.3. The van der Waals surface area contributed by atoms with Gasteiger partial charge in [-0.15, -0.1) is 0 Å². The highest BCUT2D eigenvalue weighted by atomic mass is 79.9. The molecule has 0 fully saturated rings. The molecule has 5 aromatic rings. The minimum Gasteiger partial charge on any atom is -0.298 e. The third kappa shape index (κ3) is 3.64. The molecule has 0 saturated heterocycles. The first-order valence-electron chi connectivity index (χ1n) is 9.45. The van der Waals surface area contributed by atoms with E-state index in [0.29, 0.717) is 22.7 Å². The third-order valence-corrected chi connectivity index (χ3v) is 5.46. The largest absolute Gasteiger partial charge is 0.298 e. The van der Waals surface area contributed by atoms with Crippen LogP contribution in [0.15, 0.2) is 83.6 Å².